The molecule has 234 valence electrons. The number of sulfone groups is 1. The fourth-order valence-electron chi connectivity index (χ4n) is 5.42. The fraction of sp³-hybridized carbons (Fsp3) is 0.355. The monoisotopic (exact) mass is 660 g/mol. The average molecular weight is 662 g/mol. The number of carbonyl (C=O) groups is 2. The number of aliphatic hydroxyl groups is 1. The molecule has 0 saturated carbocycles. The van der Waals surface area contributed by atoms with Gasteiger partial charge in [0.2, 0.25) is 5.91 Å². The number of aliphatic hydroxyl groups excluding tert-OH is 1. The number of aromatic amines is 1. The van der Waals surface area contributed by atoms with E-state index in [4.69, 9.17) is 27.9 Å². The van der Waals surface area contributed by atoms with Gasteiger partial charge in [-0.2, -0.15) is 0 Å². The van der Waals surface area contributed by atoms with Crippen molar-refractivity contribution in [3.8, 4) is 0 Å². The number of benzene rings is 2. The Balaban J connectivity index is 1.32. The van der Waals surface area contributed by atoms with Gasteiger partial charge in [0.15, 0.2) is 9.84 Å². The highest BCUT2D eigenvalue weighted by molar-refractivity contribution is 7.90. The molecule has 44 heavy (non-hydrogen) atoms. The van der Waals surface area contributed by atoms with Crippen molar-refractivity contribution in [2.24, 2.45) is 0 Å². The number of rotatable bonds is 10. The quantitative estimate of drug-likeness (QED) is 0.243. The van der Waals surface area contributed by atoms with Crippen LogP contribution in [0.15, 0.2) is 41.3 Å². The van der Waals surface area contributed by atoms with E-state index in [1.54, 1.807) is 30.3 Å². The van der Waals surface area contributed by atoms with E-state index in [0.717, 1.165) is 29.9 Å². The number of hydrogen-bond donors (Lipinski definition) is 4. The van der Waals surface area contributed by atoms with Crippen molar-refractivity contribution in [1.29, 1.82) is 0 Å². The first kappa shape index (κ1) is 32.2. The molecule has 3 aromatic rings. The normalized spacial score (nSPS) is 17.0. The van der Waals surface area contributed by atoms with Gasteiger partial charge in [-0.15, -0.1) is 0 Å². The van der Waals surface area contributed by atoms with E-state index < -0.39 is 21.7 Å². The van der Waals surface area contributed by atoms with Crippen LogP contribution < -0.4 is 10.6 Å². The molecule has 10 nitrogen and oxygen atoms in total. The minimum Gasteiger partial charge on any atom is -0.390 e. The zero-order valence-corrected chi connectivity index (χ0v) is 26.7. The number of nitrogens with one attached hydrogen (secondary N) is 3. The molecule has 2 aromatic carbocycles. The molecule has 2 aliphatic rings. The number of aromatic nitrogens is 1. The second-order valence-corrected chi connectivity index (χ2v) is 13.8. The second-order valence-electron chi connectivity index (χ2n) is 11.0. The first-order chi connectivity index (χ1) is 20.9. The van der Waals surface area contributed by atoms with Gasteiger partial charge in [0.25, 0.3) is 5.91 Å². The molecule has 2 amide bonds. The van der Waals surface area contributed by atoms with E-state index in [1.165, 1.54) is 12.1 Å². The van der Waals surface area contributed by atoms with Crippen molar-refractivity contribution in [2.75, 3.05) is 44.7 Å². The van der Waals surface area contributed by atoms with Gasteiger partial charge in [-0.25, -0.2) is 8.42 Å². The van der Waals surface area contributed by atoms with Gasteiger partial charge in [0.1, 0.15) is 0 Å². The first-order valence-electron chi connectivity index (χ1n) is 14.2. The van der Waals surface area contributed by atoms with Crippen molar-refractivity contribution in [2.45, 2.75) is 37.0 Å². The van der Waals surface area contributed by atoms with Crippen molar-refractivity contribution in [3.63, 3.8) is 0 Å². The lowest BCUT2D eigenvalue weighted by Gasteiger charge is -2.28. The maximum atomic E-state index is 13.3. The number of amides is 2. The molecular formula is C31H34Cl2N4O6S. The SMILES string of the molecule is Cc1[nH]c(C=C2C(=O)Nc3ccc(S(=O)(=O)Cc4c(Cl)cccc4Cl)cc32)c(C)c1CC(=O)NCC(O)CN1CCOCC1. The lowest BCUT2D eigenvalue weighted by Crippen LogP contribution is -2.44. The van der Waals surface area contributed by atoms with Crippen LogP contribution in [0.4, 0.5) is 5.69 Å². The predicted molar refractivity (Wildman–Crippen MR) is 171 cm³/mol. The number of hydrogen-bond acceptors (Lipinski definition) is 7. The largest absolute Gasteiger partial charge is 0.390 e. The summed E-state index contributed by atoms with van der Waals surface area (Å²) < 4.78 is 32.0. The van der Waals surface area contributed by atoms with E-state index >= 15 is 0 Å². The Morgan fingerprint density at radius 2 is 1.84 bits per heavy atom. The Morgan fingerprint density at radius 3 is 2.55 bits per heavy atom. The number of halogens is 2. The Morgan fingerprint density at radius 1 is 1.14 bits per heavy atom. The molecule has 0 aliphatic carbocycles. The van der Waals surface area contributed by atoms with E-state index in [-0.39, 0.29) is 39.7 Å². The van der Waals surface area contributed by atoms with Gasteiger partial charge in [-0.1, -0.05) is 29.3 Å². The molecule has 0 bridgehead atoms. The predicted octanol–water partition coefficient (Wildman–Crippen LogP) is 3.76. The van der Waals surface area contributed by atoms with Crippen LogP contribution in [-0.4, -0.2) is 80.7 Å². The lowest BCUT2D eigenvalue weighted by molar-refractivity contribution is -0.121. The van der Waals surface area contributed by atoms with Crippen molar-refractivity contribution < 1.29 is 27.9 Å². The summed E-state index contributed by atoms with van der Waals surface area (Å²) in [5.41, 5.74) is 4.51. The van der Waals surface area contributed by atoms with Crippen LogP contribution in [0.25, 0.3) is 11.6 Å². The Kier molecular flexibility index (Phi) is 9.83. The summed E-state index contributed by atoms with van der Waals surface area (Å²) in [6, 6.07) is 9.29. The van der Waals surface area contributed by atoms with Crippen LogP contribution in [0.3, 0.4) is 0 Å². The van der Waals surface area contributed by atoms with Crippen LogP contribution in [0.2, 0.25) is 10.0 Å². The van der Waals surface area contributed by atoms with Gasteiger partial charge in [-0.05, 0) is 61.4 Å². The third-order valence-corrected chi connectivity index (χ3v) is 10.2. The van der Waals surface area contributed by atoms with Gasteiger partial charge in [-0.3, -0.25) is 14.5 Å². The van der Waals surface area contributed by atoms with Crippen LogP contribution in [0, 0.1) is 13.8 Å². The minimum atomic E-state index is -3.85. The van der Waals surface area contributed by atoms with Crippen molar-refractivity contribution >= 4 is 62.2 Å². The first-order valence-corrected chi connectivity index (χ1v) is 16.6. The zero-order valence-electron chi connectivity index (χ0n) is 24.4. The highest BCUT2D eigenvalue weighted by Crippen LogP contribution is 2.37. The second kappa shape index (κ2) is 13.4. The molecule has 0 radical (unpaired) electrons. The molecular weight excluding hydrogens is 627 g/mol. The topological polar surface area (TPSA) is 141 Å². The number of nitrogens with zero attached hydrogens (tertiary/aromatic N) is 1. The molecule has 1 saturated heterocycles. The molecule has 1 unspecified atom stereocenters. The standard InChI is InChI=1S/C31H34Cl2N4O6S/c1-18-22(14-30(39)34-15-20(38)16-37-8-10-43-11-9-37)19(2)35-29(18)13-24-23-12-21(6-7-28(23)36-31(24)40)44(41,42)17-25-26(32)4-3-5-27(25)33/h3-7,12-13,20,35,38H,8-11,14-17H2,1-2H3,(H,34,39)(H,36,40). The summed E-state index contributed by atoms with van der Waals surface area (Å²) in [7, 11) is -3.85. The summed E-state index contributed by atoms with van der Waals surface area (Å²) >= 11 is 12.4. The van der Waals surface area contributed by atoms with Crippen LogP contribution in [-0.2, 0) is 36.3 Å². The molecule has 13 heteroatoms. The maximum Gasteiger partial charge on any atom is 0.256 e. The van der Waals surface area contributed by atoms with Crippen molar-refractivity contribution in [3.05, 3.63) is 80.1 Å². The summed E-state index contributed by atoms with van der Waals surface area (Å²) in [4.78, 5) is 31.1. The number of H-pyrrole nitrogens is 1. The van der Waals surface area contributed by atoms with Gasteiger partial charge in [0, 0.05) is 64.4 Å². The third kappa shape index (κ3) is 7.20. The fourth-order valence-corrected chi connectivity index (χ4v) is 7.54. The van der Waals surface area contributed by atoms with E-state index in [9.17, 15) is 23.1 Å². The summed E-state index contributed by atoms with van der Waals surface area (Å²) in [6.07, 6.45) is 1.07. The van der Waals surface area contributed by atoms with E-state index in [1.807, 2.05) is 13.8 Å². The highest BCUT2D eigenvalue weighted by atomic mass is 35.5. The number of β-amino-alcohol motifs (C(OH)–C–C–N with tert-alkyl or cyclic N) is 1. The molecule has 3 heterocycles. The van der Waals surface area contributed by atoms with E-state index in [0.29, 0.717) is 47.8 Å². The molecule has 4 N–H and O–H groups in total. The summed E-state index contributed by atoms with van der Waals surface area (Å²) in [5, 5.41) is 16.5. The Hall–Kier alpha value is -3.19. The molecule has 1 aromatic heterocycles. The number of aryl methyl sites for hydroxylation is 1. The van der Waals surface area contributed by atoms with Crippen LogP contribution >= 0.6 is 23.2 Å². The summed E-state index contributed by atoms with van der Waals surface area (Å²) in [5.74, 6) is -0.994. The lowest BCUT2D eigenvalue weighted by atomic mass is 10.0. The van der Waals surface area contributed by atoms with E-state index in [2.05, 4.69) is 20.5 Å². The number of anilines is 1. The molecule has 0 spiro atoms. The molecule has 1 atom stereocenters. The van der Waals surface area contributed by atoms with Gasteiger partial charge in [0.05, 0.1) is 42.0 Å². The number of ether oxygens (including phenoxy) is 1. The highest BCUT2D eigenvalue weighted by Gasteiger charge is 2.28. The Bertz CT molecular complexity index is 1710. The van der Waals surface area contributed by atoms with Gasteiger partial charge >= 0.3 is 0 Å². The molecule has 5 rings (SSSR count). The maximum absolute atomic E-state index is 13.3. The minimum absolute atomic E-state index is 0.0298. The number of morpholine rings is 1. The number of fused-ring (bicyclic) bond motifs is 1. The average Bonchev–Trinajstić information content (AvgIpc) is 3.44. The zero-order chi connectivity index (χ0) is 31.6. The Labute approximate surface area is 266 Å². The smallest absolute Gasteiger partial charge is 0.256 e. The molecule has 1 fully saturated rings. The molecule has 2 aliphatic heterocycles. The van der Waals surface area contributed by atoms with Crippen LogP contribution in [0.5, 0.6) is 0 Å². The third-order valence-electron chi connectivity index (χ3n) is 7.89. The number of carbonyl (C=O) groups excluding carboxylic acids is 2. The van der Waals surface area contributed by atoms with Gasteiger partial charge < -0.3 is 25.5 Å². The van der Waals surface area contributed by atoms with Crippen molar-refractivity contribution in [1.82, 2.24) is 15.2 Å². The summed E-state index contributed by atoms with van der Waals surface area (Å²) in [6.45, 7) is 7.08. The van der Waals surface area contributed by atoms with Crippen LogP contribution in [0.1, 0.15) is 33.6 Å².